The van der Waals surface area contributed by atoms with Crippen molar-refractivity contribution in [2.45, 2.75) is 6.92 Å². The monoisotopic (exact) mass is 233 g/mol. The zero-order chi connectivity index (χ0) is 12.1. The van der Waals surface area contributed by atoms with E-state index in [4.69, 9.17) is 9.84 Å². The number of aliphatic hydroxyl groups excluding tert-OH is 1. The molecule has 0 aliphatic heterocycles. The first kappa shape index (κ1) is 11.6. The van der Waals surface area contributed by atoms with E-state index in [1.807, 2.05) is 37.3 Å². The summed E-state index contributed by atoms with van der Waals surface area (Å²) in [6, 6.07) is 10.0. The molecule has 0 fully saturated rings. The highest BCUT2D eigenvalue weighted by Gasteiger charge is 2.06. The molecule has 1 aromatic heterocycles. The van der Waals surface area contributed by atoms with Gasteiger partial charge in [0.2, 0.25) is 0 Å². The van der Waals surface area contributed by atoms with E-state index >= 15 is 0 Å². The van der Waals surface area contributed by atoms with Crippen LogP contribution in [-0.2, 0) is 0 Å². The molecule has 0 saturated heterocycles. The van der Waals surface area contributed by atoms with Gasteiger partial charge in [-0.25, -0.2) is 4.68 Å². The third kappa shape index (κ3) is 3.04. The summed E-state index contributed by atoms with van der Waals surface area (Å²) in [4.78, 5) is 4.05. The van der Waals surface area contributed by atoms with Gasteiger partial charge in [0.25, 0.3) is 0 Å². The summed E-state index contributed by atoms with van der Waals surface area (Å²) < 4.78 is 7.01. The largest absolute Gasteiger partial charge is 0.462 e. The van der Waals surface area contributed by atoms with Crippen molar-refractivity contribution < 1.29 is 9.84 Å². The van der Waals surface area contributed by atoms with Gasteiger partial charge in [0.15, 0.2) is 0 Å². The van der Waals surface area contributed by atoms with Crippen LogP contribution in [0.2, 0.25) is 0 Å². The standard InChI is InChI=1S/C12H15N3O2/c1-10(7-16)8-17-12-13-9-15(14-12)11-5-3-2-4-6-11/h2-6,9-10,16H,7-8H2,1H3. The van der Waals surface area contributed by atoms with Gasteiger partial charge in [-0.1, -0.05) is 25.1 Å². The molecule has 17 heavy (non-hydrogen) atoms. The molecule has 2 aromatic rings. The Morgan fingerprint density at radius 3 is 2.82 bits per heavy atom. The summed E-state index contributed by atoms with van der Waals surface area (Å²) in [5, 5.41) is 13.1. The van der Waals surface area contributed by atoms with Crippen molar-refractivity contribution in [1.82, 2.24) is 14.8 Å². The maximum absolute atomic E-state index is 8.87. The Morgan fingerprint density at radius 2 is 2.12 bits per heavy atom. The number of nitrogens with zero attached hydrogens (tertiary/aromatic N) is 3. The molecule has 0 saturated carbocycles. The van der Waals surface area contributed by atoms with Crippen molar-refractivity contribution in [3.63, 3.8) is 0 Å². The normalized spacial score (nSPS) is 12.4. The third-order valence-electron chi connectivity index (χ3n) is 2.30. The lowest BCUT2D eigenvalue weighted by molar-refractivity contribution is 0.167. The molecule has 0 aliphatic carbocycles. The van der Waals surface area contributed by atoms with Gasteiger partial charge >= 0.3 is 6.01 Å². The molecule has 1 aromatic carbocycles. The minimum atomic E-state index is 0.0821. The predicted molar refractivity (Wildman–Crippen MR) is 63.1 cm³/mol. The number of hydrogen-bond acceptors (Lipinski definition) is 4. The molecule has 0 bridgehead atoms. The topological polar surface area (TPSA) is 60.2 Å². The van der Waals surface area contributed by atoms with E-state index in [9.17, 15) is 0 Å². The average Bonchev–Trinajstić information content (AvgIpc) is 2.86. The number of rotatable bonds is 5. The molecular weight excluding hydrogens is 218 g/mol. The summed E-state index contributed by atoms with van der Waals surface area (Å²) in [6.45, 7) is 2.41. The molecule has 2 rings (SSSR count). The van der Waals surface area contributed by atoms with Gasteiger partial charge in [-0.3, -0.25) is 0 Å². The van der Waals surface area contributed by atoms with Gasteiger partial charge in [-0.15, -0.1) is 5.10 Å². The van der Waals surface area contributed by atoms with Crippen LogP contribution in [0.4, 0.5) is 0 Å². The Hall–Kier alpha value is -1.88. The Labute approximate surface area is 99.7 Å². The summed E-state index contributed by atoms with van der Waals surface area (Å²) in [6.07, 6.45) is 1.61. The molecule has 5 heteroatoms. The Bertz CT molecular complexity index is 456. The van der Waals surface area contributed by atoms with E-state index in [1.165, 1.54) is 0 Å². The number of aromatic nitrogens is 3. The summed E-state index contributed by atoms with van der Waals surface area (Å²) >= 11 is 0. The van der Waals surface area contributed by atoms with Crippen molar-refractivity contribution in [3.05, 3.63) is 36.7 Å². The average molecular weight is 233 g/mol. The quantitative estimate of drug-likeness (QED) is 0.845. The minimum absolute atomic E-state index is 0.0821. The second kappa shape index (κ2) is 5.45. The van der Waals surface area contributed by atoms with Gasteiger partial charge in [0.05, 0.1) is 12.3 Å². The van der Waals surface area contributed by atoms with Crippen LogP contribution >= 0.6 is 0 Å². The first-order chi connectivity index (χ1) is 8.29. The van der Waals surface area contributed by atoms with E-state index in [-0.39, 0.29) is 12.5 Å². The third-order valence-corrected chi connectivity index (χ3v) is 2.30. The first-order valence-corrected chi connectivity index (χ1v) is 5.50. The number of para-hydroxylation sites is 1. The van der Waals surface area contributed by atoms with E-state index in [1.54, 1.807) is 11.0 Å². The van der Waals surface area contributed by atoms with Crippen molar-refractivity contribution >= 4 is 0 Å². The highest BCUT2D eigenvalue weighted by Crippen LogP contribution is 2.08. The van der Waals surface area contributed by atoms with Crippen LogP contribution in [-0.4, -0.2) is 33.1 Å². The fourth-order valence-corrected chi connectivity index (χ4v) is 1.29. The number of ether oxygens (including phenoxy) is 1. The van der Waals surface area contributed by atoms with E-state index in [0.29, 0.717) is 12.6 Å². The number of aliphatic hydroxyl groups is 1. The smallest absolute Gasteiger partial charge is 0.335 e. The van der Waals surface area contributed by atoms with E-state index < -0.39 is 0 Å². The molecule has 90 valence electrons. The Balaban J connectivity index is 2.01. The fourth-order valence-electron chi connectivity index (χ4n) is 1.29. The van der Waals surface area contributed by atoms with Crippen LogP contribution in [0.25, 0.3) is 5.69 Å². The predicted octanol–water partition coefficient (Wildman–Crippen LogP) is 1.27. The number of hydrogen-bond donors (Lipinski definition) is 1. The molecule has 0 radical (unpaired) electrons. The van der Waals surface area contributed by atoms with Crippen LogP contribution in [0.5, 0.6) is 6.01 Å². The van der Waals surface area contributed by atoms with Gasteiger partial charge in [-0.2, -0.15) is 4.98 Å². The molecule has 1 atom stereocenters. The second-order valence-corrected chi connectivity index (χ2v) is 3.91. The SMILES string of the molecule is CC(CO)COc1ncn(-c2ccccc2)n1. The Morgan fingerprint density at radius 1 is 1.35 bits per heavy atom. The molecule has 0 aliphatic rings. The summed E-state index contributed by atoms with van der Waals surface area (Å²) in [5.74, 6) is 0.0821. The lowest BCUT2D eigenvalue weighted by atomic mass is 10.2. The highest BCUT2D eigenvalue weighted by molar-refractivity contribution is 5.29. The zero-order valence-electron chi connectivity index (χ0n) is 9.65. The first-order valence-electron chi connectivity index (χ1n) is 5.50. The van der Waals surface area contributed by atoms with Gasteiger partial charge in [0.1, 0.15) is 6.33 Å². The minimum Gasteiger partial charge on any atom is -0.462 e. The van der Waals surface area contributed by atoms with Crippen LogP contribution in [0.15, 0.2) is 36.7 Å². The lowest BCUT2D eigenvalue weighted by Crippen LogP contribution is -2.12. The maximum Gasteiger partial charge on any atom is 0.335 e. The molecule has 1 unspecified atom stereocenters. The van der Waals surface area contributed by atoms with Crippen LogP contribution < -0.4 is 4.74 Å². The van der Waals surface area contributed by atoms with Crippen LogP contribution in [0.1, 0.15) is 6.92 Å². The molecule has 0 amide bonds. The van der Waals surface area contributed by atoms with Crippen molar-refractivity contribution in [3.8, 4) is 11.7 Å². The molecule has 5 nitrogen and oxygen atoms in total. The Kier molecular flexibility index (Phi) is 3.72. The summed E-state index contributed by atoms with van der Waals surface area (Å²) in [7, 11) is 0. The molecule has 1 N–H and O–H groups in total. The number of benzene rings is 1. The molecular formula is C12H15N3O2. The fraction of sp³-hybridized carbons (Fsp3) is 0.333. The van der Waals surface area contributed by atoms with Gasteiger partial charge in [0, 0.05) is 12.5 Å². The van der Waals surface area contributed by atoms with Crippen molar-refractivity contribution in [2.75, 3.05) is 13.2 Å². The van der Waals surface area contributed by atoms with Gasteiger partial charge in [-0.05, 0) is 12.1 Å². The van der Waals surface area contributed by atoms with Crippen molar-refractivity contribution in [2.24, 2.45) is 5.92 Å². The van der Waals surface area contributed by atoms with Crippen LogP contribution in [0, 0.1) is 5.92 Å². The zero-order valence-corrected chi connectivity index (χ0v) is 9.65. The van der Waals surface area contributed by atoms with E-state index in [2.05, 4.69) is 10.1 Å². The van der Waals surface area contributed by atoms with Crippen molar-refractivity contribution in [1.29, 1.82) is 0 Å². The molecule has 1 heterocycles. The van der Waals surface area contributed by atoms with Gasteiger partial charge < -0.3 is 9.84 Å². The lowest BCUT2D eigenvalue weighted by Gasteiger charge is -2.06. The second-order valence-electron chi connectivity index (χ2n) is 3.91. The summed E-state index contributed by atoms with van der Waals surface area (Å²) in [5.41, 5.74) is 0.935. The maximum atomic E-state index is 8.87. The van der Waals surface area contributed by atoms with E-state index in [0.717, 1.165) is 5.69 Å². The van der Waals surface area contributed by atoms with Crippen LogP contribution in [0.3, 0.4) is 0 Å². The highest BCUT2D eigenvalue weighted by atomic mass is 16.5. The molecule has 0 spiro atoms.